The summed E-state index contributed by atoms with van der Waals surface area (Å²) in [7, 11) is 0. The Balaban J connectivity index is 0.789. The van der Waals surface area contributed by atoms with E-state index in [1.54, 1.807) is 12.2 Å². The average Bonchev–Trinajstić information content (AvgIpc) is 0.754. The van der Waals surface area contributed by atoms with Gasteiger partial charge in [0, 0.05) is 38.6 Å². The minimum Gasteiger partial charge on any atom is -0.513 e. The molecular weight excluding hydrogens is 1230 g/mol. The van der Waals surface area contributed by atoms with Gasteiger partial charge < -0.3 is 38.8 Å². The van der Waals surface area contributed by atoms with Crippen LogP contribution in [-0.2, 0) is 0 Å². The third kappa shape index (κ3) is 8.53. The minimum atomic E-state index is 0.114. The van der Waals surface area contributed by atoms with E-state index in [2.05, 4.69) is 240 Å². The Labute approximate surface area is 572 Å². The van der Waals surface area contributed by atoms with E-state index < -0.39 is 0 Å². The van der Waals surface area contributed by atoms with Gasteiger partial charge in [-0.05, 0) is 150 Å². The maximum absolute atomic E-state index is 9.77. The van der Waals surface area contributed by atoms with Crippen LogP contribution in [0.5, 0.6) is 0 Å². The predicted molar refractivity (Wildman–Crippen MR) is 419 cm³/mol. The molecule has 10 N–H and O–H groups in total. The van der Waals surface area contributed by atoms with Gasteiger partial charge in [-0.1, -0.05) is 200 Å². The van der Waals surface area contributed by atoms with E-state index in [1.807, 2.05) is 25.0 Å². The number of fused-ring (bicyclic) bond motifs is 6. The number of anilines is 4. The van der Waals surface area contributed by atoms with Crippen molar-refractivity contribution in [2.45, 2.75) is 12.8 Å². The lowest BCUT2D eigenvalue weighted by Gasteiger charge is -2.49. The summed E-state index contributed by atoms with van der Waals surface area (Å²) < 4.78 is 0. The van der Waals surface area contributed by atoms with Crippen LogP contribution in [0.25, 0.3) is 129 Å². The van der Waals surface area contributed by atoms with Crippen LogP contribution in [0, 0.1) is 35.7 Å². The number of nitrogens with two attached hydrogens (primary N) is 2. The van der Waals surface area contributed by atoms with E-state index in [4.69, 9.17) is 31.4 Å². The second-order valence-electron chi connectivity index (χ2n) is 26.8. The highest BCUT2D eigenvalue weighted by molar-refractivity contribution is 6.56. The van der Waals surface area contributed by atoms with Crippen molar-refractivity contribution in [1.29, 1.82) is 10.8 Å². The molecule has 8 bridgehead atoms. The number of benzene rings is 16. The summed E-state index contributed by atoms with van der Waals surface area (Å²) in [4.78, 5) is 22.3. The van der Waals surface area contributed by atoms with Gasteiger partial charge in [-0.2, -0.15) is 4.99 Å². The van der Waals surface area contributed by atoms with Gasteiger partial charge in [0.2, 0.25) is 5.71 Å². The highest BCUT2D eigenvalue weighted by atomic mass is 15.0. The summed E-state index contributed by atoms with van der Waals surface area (Å²) in [6.45, 7) is 0. The van der Waals surface area contributed by atoms with Crippen LogP contribution >= 0.6 is 0 Å². The second-order valence-corrected chi connectivity index (χ2v) is 26.8. The van der Waals surface area contributed by atoms with Crippen LogP contribution in [-0.4, -0.2) is 34.3 Å². The molecule has 12 heteroatoms. The summed E-state index contributed by atoms with van der Waals surface area (Å²) >= 11 is 0. The third-order valence-corrected chi connectivity index (χ3v) is 20.9. The van der Waals surface area contributed by atoms with E-state index in [0.717, 1.165) is 111 Å². The number of nitrogens with zero attached hydrogens (tertiary/aromatic N) is 4. The molecule has 0 unspecified atom stereocenters. The van der Waals surface area contributed by atoms with E-state index in [9.17, 15) is 10.8 Å². The largest absolute Gasteiger partial charge is 0.513 e. The highest BCUT2D eigenvalue weighted by Gasteiger charge is 2.38. The molecule has 0 aromatic heterocycles. The van der Waals surface area contributed by atoms with Crippen molar-refractivity contribution in [3.8, 4) is 0 Å². The first-order valence-electron chi connectivity index (χ1n) is 33.6. The smallest absolute Gasteiger partial charge is 0.250 e. The maximum Gasteiger partial charge on any atom is 0.250 e. The Kier molecular flexibility index (Phi) is 11.7. The van der Waals surface area contributed by atoms with E-state index in [0.29, 0.717) is 57.0 Å². The van der Waals surface area contributed by atoms with Crippen LogP contribution in [0.1, 0.15) is 12.8 Å². The Morgan fingerprint density at radius 3 is 1.36 bits per heavy atom. The molecule has 4 aliphatic carbocycles. The Hall–Kier alpha value is -13.6. The Morgan fingerprint density at radius 2 is 0.840 bits per heavy atom. The van der Waals surface area contributed by atoms with Gasteiger partial charge in [-0.15, -0.1) is 6.42 Å². The van der Waals surface area contributed by atoms with Gasteiger partial charge in [0.1, 0.15) is 18.6 Å². The zero-order valence-corrected chi connectivity index (χ0v) is 53.6. The number of hydrogen-bond acceptors (Lipinski definition) is 12. The molecule has 100 heavy (non-hydrogen) atoms. The van der Waals surface area contributed by atoms with E-state index in [-0.39, 0.29) is 24.3 Å². The quantitative estimate of drug-likeness (QED) is 0.0423. The van der Waals surface area contributed by atoms with E-state index in [1.165, 1.54) is 64.6 Å². The molecule has 21 rings (SSSR count). The van der Waals surface area contributed by atoms with Crippen molar-refractivity contribution in [3.63, 3.8) is 0 Å². The molecule has 0 amide bonds. The van der Waals surface area contributed by atoms with Crippen LogP contribution in [0.4, 0.5) is 22.7 Å². The Bertz CT molecular complexity index is 6730. The molecule has 0 radical (unpaired) electrons. The molecule has 12 nitrogen and oxygen atoms in total. The standard InChI is InChI=1S/C88H56N12/c89-61-37-62(90)70-39-69(61)97-77-43-78(74(94-66-34-54-18-2-10-46-26-30-50-14-6-22-58(66)86(50)82(46)54)41-73(77)93-65-33-53-17-1-9-45-25-29-49-13-5-21-57(65)85(49)81(45)53)98-71-40-72(64(92)38-63(71)91)100-80-44-79(99-70)75(95-67-35-55-19-3-11-47-27-31-51-15-7-23-59(67)87(51)83(47)55)42-76(80)96-68-36-56-20-4-12-48-28-32-52-16-8-24-60(68)88(52)84(48)56/h1-40,43-44,89,92-96H,41-42,90-91H2. The molecule has 16 aromatic carbocycles. The summed E-state index contributed by atoms with van der Waals surface area (Å²) in [6.07, 6.45) is 11.4. The van der Waals surface area contributed by atoms with Gasteiger partial charge in [0.25, 0.3) is 5.70 Å². The number of allylic oxidation sites excluding steroid dienone is 6. The highest BCUT2D eigenvalue weighted by Crippen LogP contribution is 2.48. The molecule has 1 aliphatic heterocycles. The van der Waals surface area contributed by atoms with Gasteiger partial charge in [-0.25, -0.2) is 16.1 Å². The topological polar surface area (TPSA) is 197 Å². The van der Waals surface area contributed by atoms with Crippen molar-refractivity contribution < 1.29 is 0 Å². The lowest BCUT2D eigenvalue weighted by Crippen LogP contribution is -2.32. The van der Waals surface area contributed by atoms with Crippen molar-refractivity contribution >= 4 is 186 Å². The van der Waals surface area contributed by atoms with Gasteiger partial charge >= 0.3 is 0 Å². The van der Waals surface area contributed by atoms with Gasteiger partial charge in [0.15, 0.2) is 28.9 Å². The summed E-state index contributed by atoms with van der Waals surface area (Å²) in [6, 6.07) is 79.8. The zero-order chi connectivity index (χ0) is 66.2. The molecule has 0 fully saturated rings. The number of aliphatic imine (C=N–C) groups is 4. The fourth-order valence-electron chi connectivity index (χ4n) is 16.4. The fourth-order valence-corrected chi connectivity index (χ4v) is 16.4. The van der Waals surface area contributed by atoms with Gasteiger partial charge in [0.05, 0.1) is 40.6 Å². The number of nitrogens with one attached hydrogen (secondary N) is 6. The first-order chi connectivity index (χ1) is 49.1. The second kappa shape index (κ2) is 21.0. The molecular formula is C88H56N12. The Morgan fingerprint density at radius 1 is 0.410 bits per heavy atom. The van der Waals surface area contributed by atoms with Crippen LogP contribution in [0.2, 0.25) is 0 Å². The third-order valence-electron chi connectivity index (χ3n) is 20.9. The number of rotatable bonds is 8. The summed E-state index contributed by atoms with van der Waals surface area (Å²) in [5.41, 5.74) is 24.0. The fraction of sp³-hybridized carbons (Fsp3) is 0.0227. The molecule has 0 atom stereocenters. The van der Waals surface area contributed by atoms with Crippen LogP contribution in [0.15, 0.2) is 308 Å². The van der Waals surface area contributed by atoms with Gasteiger partial charge in [-0.3, -0.25) is 21.8 Å². The maximum atomic E-state index is 9.77. The first kappa shape index (κ1) is 55.7. The van der Waals surface area contributed by atoms with Crippen molar-refractivity contribution in [3.05, 3.63) is 313 Å². The lowest BCUT2D eigenvalue weighted by molar-refractivity contribution is 0.917. The van der Waals surface area contributed by atoms with E-state index >= 15 is 0 Å². The molecule has 468 valence electrons. The summed E-state index contributed by atoms with van der Waals surface area (Å²) in [5.74, 6) is 0. The SMILES string of the molecule is N=C1C=C(N)C2=NC3=C(Nc4cc5cccc6ccc7cccc4c7c65)C[C+](Nc4cc5cccc6ccc7cccc4c7c65)C(=C3)N=C3[CH+]C(=NC4=C(Nc5cc6cccc7ccc8cccc5c8c76)C[C-](Nc5cc6cccc7ccc8cccc5c8c76)C(=NC1=C2)[CH-]4)C(N)=CC3=N. The van der Waals surface area contributed by atoms with Crippen molar-refractivity contribution in [2.75, 3.05) is 21.3 Å². The van der Waals surface area contributed by atoms with Crippen molar-refractivity contribution in [2.24, 2.45) is 31.4 Å². The molecule has 0 saturated carbocycles. The molecule has 0 saturated heterocycles. The predicted octanol–water partition coefficient (Wildman–Crippen LogP) is 20.0. The van der Waals surface area contributed by atoms with Crippen LogP contribution < -0.4 is 32.7 Å². The lowest BCUT2D eigenvalue weighted by atomic mass is 9.89. The zero-order valence-electron chi connectivity index (χ0n) is 53.6. The molecule has 0 spiro atoms. The number of hydrogen-bond donors (Lipinski definition) is 8. The summed E-state index contributed by atoms with van der Waals surface area (Å²) in [5, 5.41) is 62.9. The van der Waals surface area contributed by atoms with Crippen molar-refractivity contribution in [1.82, 2.24) is 0 Å². The first-order valence-corrected chi connectivity index (χ1v) is 33.6. The molecule has 16 aromatic rings. The molecule has 5 aliphatic rings. The molecule has 1 heterocycles. The minimum absolute atomic E-state index is 0.114. The monoisotopic (exact) mass is 1280 g/mol. The van der Waals surface area contributed by atoms with Crippen LogP contribution in [0.3, 0.4) is 0 Å². The average molecular weight is 1280 g/mol. The normalized spacial score (nSPS) is 16.2.